The number of aryl methyl sites for hydroxylation is 1. The number of amides is 1. The molecule has 0 fully saturated rings. The van der Waals surface area contributed by atoms with Gasteiger partial charge in [0.2, 0.25) is 5.75 Å². The number of aromatic nitrogens is 2. The van der Waals surface area contributed by atoms with Gasteiger partial charge in [-0.3, -0.25) is 9.48 Å². The van der Waals surface area contributed by atoms with E-state index in [9.17, 15) is 4.79 Å². The van der Waals surface area contributed by atoms with Crippen molar-refractivity contribution in [2.24, 2.45) is 0 Å². The number of carbonyl (C=O) groups is 1. The van der Waals surface area contributed by atoms with E-state index in [-0.39, 0.29) is 5.91 Å². The lowest BCUT2D eigenvalue weighted by Crippen LogP contribution is -2.26. The van der Waals surface area contributed by atoms with Crippen LogP contribution in [0, 0.1) is 0 Å². The van der Waals surface area contributed by atoms with Crippen molar-refractivity contribution in [3.05, 3.63) is 34.6 Å². The molecule has 0 radical (unpaired) electrons. The SMILES string of the molecule is COc1ccc(C(=O)NCCCn2cc(Br)cn2)c(OC)c1OC. The van der Waals surface area contributed by atoms with Gasteiger partial charge < -0.3 is 19.5 Å². The van der Waals surface area contributed by atoms with Gasteiger partial charge >= 0.3 is 0 Å². The topological polar surface area (TPSA) is 74.6 Å². The highest BCUT2D eigenvalue weighted by molar-refractivity contribution is 9.10. The highest BCUT2D eigenvalue weighted by atomic mass is 79.9. The normalized spacial score (nSPS) is 10.3. The molecule has 1 aromatic heterocycles. The molecule has 2 aromatic rings. The van der Waals surface area contributed by atoms with Gasteiger partial charge in [0.1, 0.15) is 0 Å². The maximum atomic E-state index is 12.4. The number of halogens is 1. The Labute approximate surface area is 149 Å². The van der Waals surface area contributed by atoms with Crippen LogP contribution in [0.15, 0.2) is 29.0 Å². The van der Waals surface area contributed by atoms with Crippen LogP contribution in [0.2, 0.25) is 0 Å². The molecule has 130 valence electrons. The quantitative estimate of drug-likeness (QED) is 0.692. The van der Waals surface area contributed by atoms with E-state index in [1.807, 2.05) is 10.9 Å². The zero-order valence-corrected chi connectivity index (χ0v) is 15.4. The van der Waals surface area contributed by atoms with Crippen LogP contribution in [-0.2, 0) is 6.54 Å². The summed E-state index contributed by atoms with van der Waals surface area (Å²) in [5.74, 6) is 1.03. The fraction of sp³-hybridized carbons (Fsp3) is 0.375. The molecule has 0 bridgehead atoms. The summed E-state index contributed by atoms with van der Waals surface area (Å²) in [7, 11) is 4.53. The van der Waals surface area contributed by atoms with Gasteiger partial charge in [0.05, 0.1) is 37.6 Å². The summed E-state index contributed by atoms with van der Waals surface area (Å²) in [5, 5.41) is 7.04. The molecule has 0 aliphatic heterocycles. The average molecular weight is 398 g/mol. The highest BCUT2D eigenvalue weighted by Gasteiger charge is 2.20. The number of hydrogen-bond acceptors (Lipinski definition) is 5. The van der Waals surface area contributed by atoms with Crippen molar-refractivity contribution < 1.29 is 19.0 Å². The van der Waals surface area contributed by atoms with Crippen LogP contribution in [0.25, 0.3) is 0 Å². The molecule has 1 amide bonds. The van der Waals surface area contributed by atoms with E-state index in [1.54, 1.807) is 18.3 Å². The number of benzene rings is 1. The van der Waals surface area contributed by atoms with Crippen molar-refractivity contribution in [2.75, 3.05) is 27.9 Å². The van der Waals surface area contributed by atoms with Crippen LogP contribution < -0.4 is 19.5 Å². The van der Waals surface area contributed by atoms with Crippen molar-refractivity contribution >= 4 is 21.8 Å². The standard InChI is InChI=1S/C16H20BrN3O4/c1-22-13-6-5-12(14(23-2)15(13)24-3)16(21)18-7-4-8-20-10-11(17)9-19-20/h5-6,9-10H,4,7-8H2,1-3H3,(H,18,21). The van der Waals surface area contributed by atoms with Crippen molar-refractivity contribution in [1.29, 1.82) is 0 Å². The molecule has 7 nitrogen and oxygen atoms in total. The third-order valence-corrected chi connectivity index (χ3v) is 3.81. The Bertz CT molecular complexity index is 703. The van der Waals surface area contributed by atoms with Gasteiger partial charge in [0.15, 0.2) is 11.5 Å². The zero-order chi connectivity index (χ0) is 17.5. The Hall–Kier alpha value is -2.22. The van der Waals surface area contributed by atoms with Crippen LogP contribution in [-0.4, -0.2) is 43.6 Å². The molecule has 2 rings (SSSR count). The summed E-state index contributed by atoms with van der Waals surface area (Å²) in [5.41, 5.74) is 0.400. The smallest absolute Gasteiger partial charge is 0.255 e. The molecular formula is C16H20BrN3O4. The minimum atomic E-state index is -0.227. The Morgan fingerprint density at radius 3 is 2.54 bits per heavy atom. The second-order valence-electron chi connectivity index (χ2n) is 4.91. The Morgan fingerprint density at radius 2 is 1.96 bits per heavy atom. The van der Waals surface area contributed by atoms with E-state index in [0.717, 1.165) is 17.4 Å². The molecular weight excluding hydrogens is 378 g/mol. The van der Waals surface area contributed by atoms with Gasteiger partial charge in [-0.05, 0) is 34.5 Å². The molecule has 0 unspecified atom stereocenters. The first-order valence-electron chi connectivity index (χ1n) is 7.35. The number of rotatable bonds is 8. The van der Waals surface area contributed by atoms with Gasteiger partial charge in [-0.15, -0.1) is 0 Å². The minimum Gasteiger partial charge on any atom is -0.493 e. The van der Waals surface area contributed by atoms with E-state index in [4.69, 9.17) is 14.2 Å². The lowest BCUT2D eigenvalue weighted by atomic mass is 10.1. The lowest BCUT2D eigenvalue weighted by Gasteiger charge is -2.15. The van der Waals surface area contributed by atoms with Crippen molar-refractivity contribution in [1.82, 2.24) is 15.1 Å². The van der Waals surface area contributed by atoms with Crippen LogP contribution in [0.3, 0.4) is 0 Å². The second-order valence-corrected chi connectivity index (χ2v) is 5.83. The Balaban J connectivity index is 1.98. The molecule has 1 heterocycles. The Kier molecular flexibility index (Phi) is 6.48. The number of carbonyl (C=O) groups excluding carboxylic acids is 1. The molecule has 1 N–H and O–H groups in total. The number of nitrogens with zero attached hydrogens (tertiary/aromatic N) is 2. The van der Waals surface area contributed by atoms with E-state index >= 15 is 0 Å². The second kappa shape index (κ2) is 8.58. The van der Waals surface area contributed by atoms with Gasteiger partial charge in [-0.1, -0.05) is 0 Å². The third kappa shape index (κ3) is 4.19. The molecule has 24 heavy (non-hydrogen) atoms. The van der Waals surface area contributed by atoms with E-state index < -0.39 is 0 Å². The van der Waals surface area contributed by atoms with Crippen LogP contribution in [0.5, 0.6) is 17.2 Å². The molecule has 0 atom stereocenters. The minimum absolute atomic E-state index is 0.227. The van der Waals surface area contributed by atoms with Gasteiger partial charge in [0.25, 0.3) is 5.91 Å². The molecule has 8 heteroatoms. The first kappa shape index (κ1) is 18.1. The number of methoxy groups -OCH3 is 3. The van der Waals surface area contributed by atoms with Gasteiger partial charge in [-0.2, -0.15) is 5.10 Å². The molecule has 1 aromatic carbocycles. The van der Waals surface area contributed by atoms with E-state index in [0.29, 0.717) is 29.4 Å². The van der Waals surface area contributed by atoms with Crippen LogP contribution in [0.4, 0.5) is 0 Å². The summed E-state index contributed by atoms with van der Waals surface area (Å²) in [6.45, 7) is 1.24. The summed E-state index contributed by atoms with van der Waals surface area (Å²) >= 11 is 3.35. The maximum absolute atomic E-state index is 12.4. The molecule has 0 aliphatic rings. The summed E-state index contributed by atoms with van der Waals surface area (Å²) in [4.78, 5) is 12.4. The number of hydrogen-bond donors (Lipinski definition) is 1. The summed E-state index contributed by atoms with van der Waals surface area (Å²) in [6.07, 6.45) is 4.38. The first-order chi connectivity index (χ1) is 11.6. The third-order valence-electron chi connectivity index (χ3n) is 3.40. The van der Waals surface area contributed by atoms with E-state index in [2.05, 4.69) is 26.3 Å². The average Bonchev–Trinajstić information content (AvgIpc) is 3.02. The maximum Gasteiger partial charge on any atom is 0.255 e. The molecule has 0 aliphatic carbocycles. The largest absolute Gasteiger partial charge is 0.493 e. The summed E-state index contributed by atoms with van der Waals surface area (Å²) < 4.78 is 18.6. The number of nitrogens with one attached hydrogen (secondary N) is 1. The van der Waals surface area contributed by atoms with E-state index in [1.165, 1.54) is 21.3 Å². The predicted octanol–water partition coefficient (Wildman–Crippen LogP) is 2.49. The summed E-state index contributed by atoms with van der Waals surface area (Å²) in [6, 6.07) is 3.33. The molecule has 0 saturated carbocycles. The molecule has 0 spiro atoms. The number of ether oxygens (including phenoxy) is 3. The van der Waals surface area contributed by atoms with Crippen LogP contribution >= 0.6 is 15.9 Å². The van der Waals surface area contributed by atoms with Crippen LogP contribution in [0.1, 0.15) is 16.8 Å². The Morgan fingerprint density at radius 1 is 1.21 bits per heavy atom. The highest BCUT2D eigenvalue weighted by Crippen LogP contribution is 2.39. The lowest BCUT2D eigenvalue weighted by molar-refractivity contribution is 0.0949. The zero-order valence-electron chi connectivity index (χ0n) is 13.8. The van der Waals surface area contributed by atoms with Crippen molar-refractivity contribution in [2.45, 2.75) is 13.0 Å². The van der Waals surface area contributed by atoms with Crippen molar-refractivity contribution in [3.8, 4) is 17.2 Å². The fourth-order valence-corrected chi connectivity index (χ4v) is 2.61. The predicted molar refractivity (Wildman–Crippen MR) is 93.0 cm³/mol. The van der Waals surface area contributed by atoms with Crippen molar-refractivity contribution in [3.63, 3.8) is 0 Å². The monoisotopic (exact) mass is 397 g/mol. The van der Waals surface area contributed by atoms with Gasteiger partial charge in [0, 0.05) is 19.3 Å². The fourth-order valence-electron chi connectivity index (χ4n) is 2.28. The van der Waals surface area contributed by atoms with Gasteiger partial charge in [-0.25, -0.2) is 0 Å². The first-order valence-corrected chi connectivity index (χ1v) is 8.15. The molecule has 0 saturated heterocycles.